The lowest BCUT2D eigenvalue weighted by Gasteiger charge is -1.88. The highest BCUT2D eigenvalue weighted by molar-refractivity contribution is 5.71. The first-order chi connectivity index (χ1) is 5.20. The molecule has 0 amide bonds. The van der Waals surface area contributed by atoms with Crippen LogP contribution in [0, 0.1) is 0 Å². The Bertz CT molecular complexity index is 175. The van der Waals surface area contributed by atoms with Gasteiger partial charge in [0, 0.05) is 0 Å². The highest BCUT2D eigenvalue weighted by atomic mass is 16.1. The zero-order valence-corrected chi connectivity index (χ0v) is 7.13. The molecule has 0 fully saturated rings. The van der Waals surface area contributed by atoms with Gasteiger partial charge in [0.2, 0.25) is 0 Å². The fourth-order valence-electron chi connectivity index (χ4n) is 0.562. The van der Waals surface area contributed by atoms with Crippen LogP contribution in [0.3, 0.4) is 0 Å². The van der Waals surface area contributed by atoms with E-state index in [1.165, 1.54) is 0 Å². The van der Waals surface area contributed by atoms with Crippen LogP contribution in [0.2, 0.25) is 0 Å². The molecule has 0 aliphatic carbocycles. The maximum absolute atomic E-state index is 10.1. The molecule has 1 heteroatoms. The van der Waals surface area contributed by atoms with Gasteiger partial charge in [0.1, 0.15) is 6.29 Å². The molecule has 0 saturated heterocycles. The summed E-state index contributed by atoms with van der Waals surface area (Å²) in [7, 11) is 0. The predicted molar refractivity (Wildman–Crippen MR) is 48.4 cm³/mol. The molecule has 0 radical (unpaired) electrons. The van der Waals surface area contributed by atoms with Gasteiger partial charge in [-0.15, -0.1) is 0 Å². The summed E-state index contributed by atoms with van der Waals surface area (Å²) < 4.78 is 0. The number of carbonyl (C=O) groups excluding carboxylic acids is 1. The topological polar surface area (TPSA) is 17.1 Å². The minimum Gasteiger partial charge on any atom is -0.298 e. The molecule has 0 unspecified atom stereocenters. The monoisotopic (exact) mass is 150 g/mol. The van der Waals surface area contributed by atoms with Crippen LogP contribution in [0.4, 0.5) is 0 Å². The molecule has 0 aliphatic rings. The average molecular weight is 150 g/mol. The van der Waals surface area contributed by atoms with Crippen molar-refractivity contribution in [1.29, 1.82) is 0 Å². The molecule has 0 aromatic carbocycles. The zero-order chi connectivity index (χ0) is 8.69. The van der Waals surface area contributed by atoms with Crippen molar-refractivity contribution in [3.63, 3.8) is 0 Å². The maximum atomic E-state index is 10.1. The molecule has 0 heterocycles. The van der Waals surface area contributed by atoms with Gasteiger partial charge in [-0.1, -0.05) is 30.4 Å². The Balaban J connectivity index is 3.89. The number of hydrogen-bond acceptors (Lipinski definition) is 1. The van der Waals surface area contributed by atoms with Gasteiger partial charge in [-0.3, -0.25) is 4.79 Å². The van der Waals surface area contributed by atoms with E-state index in [0.29, 0.717) is 0 Å². The molecule has 0 saturated carbocycles. The van der Waals surface area contributed by atoms with E-state index in [9.17, 15) is 4.79 Å². The Morgan fingerprint density at radius 3 is 2.27 bits per heavy atom. The lowest BCUT2D eigenvalue weighted by atomic mass is 10.2. The summed E-state index contributed by atoms with van der Waals surface area (Å²) in [6.45, 7) is 7.40. The highest BCUT2D eigenvalue weighted by Crippen LogP contribution is 1.98. The molecule has 1 nitrogen and oxygen atoms in total. The van der Waals surface area contributed by atoms with Crippen molar-refractivity contribution in [2.45, 2.75) is 20.3 Å². The van der Waals surface area contributed by atoms with Gasteiger partial charge < -0.3 is 0 Å². The summed E-state index contributed by atoms with van der Waals surface area (Å²) >= 11 is 0. The van der Waals surface area contributed by atoms with Crippen molar-refractivity contribution < 1.29 is 4.79 Å². The summed E-state index contributed by atoms with van der Waals surface area (Å²) in [4.78, 5) is 10.1. The number of hydrogen-bond donors (Lipinski definition) is 0. The molecular formula is C10H14O. The first-order valence-corrected chi connectivity index (χ1v) is 3.62. The third-order valence-electron chi connectivity index (χ3n) is 1.39. The standard InChI is InChI=1S/C10H14O/c1-4-9(2)6-5-7-10(3)8-11/h4,6-8H,1,5H2,2-3H3. The quantitative estimate of drug-likeness (QED) is 0.342. The number of aldehydes is 1. The van der Waals surface area contributed by atoms with Crippen LogP contribution in [-0.2, 0) is 4.79 Å². The van der Waals surface area contributed by atoms with E-state index in [1.807, 2.05) is 19.1 Å². The second kappa shape index (κ2) is 5.66. The van der Waals surface area contributed by atoms with Gasteiger partial charge in [0.05, 0.1) is 0 Å². The van der Waals surface area contributed by atoms with E-state index < -0.39 is 0 Å². The van der Waals surface area contributed by atoms with Crippen LogP contribution < -0.4 is 0 Å². The van der Waals surface area contributed by atoms with Gasteiger partial charge >= 0.3 is 0 Å². The van der Waals surface area contributed by atoms with E-state index in [-0.39, 0.29) is 0 Å². The van der Waals surface area contributed by atoms with Gasteiger partial charge in [0.25, 0.3) is 0 Å². The zero-order valence-electron chi connectivity index (χ0n) is 7.13. The van der Waals surface area contributed by atoms with Crippen LogP contribution >= 0.6 is 0 Å². The molecule has 0 aliphatic heterocycles. The summed E-state index contributed by atoms with van der Waals surface area (Å²) in [6.07, 6.45) is 7.38. The Kier molecular flexibility index (Phi) is 5.09. The van der Waals surface area contributed by atoms with Crippen LogP contribution in [0.5, 0.6) is 0 Å². The normalized spacial score (nSPS) is 12.9. The molecule has 0 rings (SSSR count). The Morgan fingerprint density at radius 1 is 1.27 bits per heavy atom. The fraction of sp³-hybridized carbons (Fsp3) is 0.300. The van der Waals surface area contributed by atoms with Crippen molar-refractivity contribution in [2.75, 3.05) is 0 Å². The van der Waals surface area contributed by atoms with Crippen LogP contribution in [0.25, 0.3) is 0 Å². The molecule has 0 aromatic heterocycles. The van der Waals surface area contributed by atoms with Gasteiger partial charge in [0.15, 0.2) is 0 Å². The van der Waals surface area contributed by atoms with Crippen molar-refractivity contribution >= 4 is 6.29 Å². The van der Waals surface area contributed by atoms with Crippen molar-refractivity contribution in [3.8, 4) is 0 Å². The lowest BCUT2D eigenvalue weighted by Crippen LogP contribution is -1.75. The Labute approximate surface area is 68.1 Å². The minimum absolute atomic E-state index is 0.776. The van der Waals surface area contributed by atoms with Crippen LogP contribution in [-0.4, -0.2) is 6.29 Å². The fourth-order valence-corrected chi connectivity index (χ4v) is 0.562. The predicted octanol–water partition coefficient (Wildman–Crippen LogP) is 2.65. The molecule has 0 spiro atoms. The van der Waals surface area contributed by atoms with Crippen LogP contribution in [0.1, 0.15) is 20.3 Å². The molecule has 11 heavy (non-hydrogen) atoms. The first-order valence-electron chi connectivity index (χ1n) is 3.62. The molecule has 0 bridgehead atoms. The van der Waals surface area contributed by atoms with E-state index in [4.69, 9.17) is 0 Å². The summed E-state index contributed by atoms with van der Waals surface area (Å²) in [5, 5.41) is 0. The van der Waals surface area contributed by atoms with E-state index in [0.717, 1.165) is 23.9 Å². The SMILES string of the molecule is C=CC(C)=CCC=C(C)C=O. The van der Waals surface area contributed by atoms with Crippen molar-refractivity contribution in [3.05, 3.63) is 36.0 Å². The van der Waals surface area contributed by atoms with Gasteiger partial charge in [-0.2, -0.15) is 0 Å². The molecular weight excluding hydrogens is 136 g/mol. The number of rotatable bonds is 4. The summed E-state index contributed by atoms with van der Waals surface area (Å²) in [5.41, 5.74) is 1.91. The second-order valence-electron chi connectivity index (χ2n) is 2.45. The second-order valence-corrected chi connectivity index (χ2v) is 2.45. The third-order valence-corrected chi connectivity index (χ3v) is 1.39. The number of carbonyl (C=O) groups is 1. The maximum Gasteiger partial charge on any atom is 0.145 e. The van der Waals surface area contributed by atoms with Crippen molar-refractivity contribution in [1.82, 2.24) is 0 Å². The lowest BCUT2D eigenvalue weighted by molar-refractivity contribution is -0.104. The average Bonchev–Trinajstić information content (AvgIpc) is 2.04. The molecule has 0 atom stereocenters. The van der Waals surface area contributed by atoms with E-state index in [1.54, 1.807) is 13.0 Å². The molecule has 0 aromatic rings. The Morgan fingerprint density at radius 2 is 1.82 bits per heavy atom. The molecule has 0 N–H and O–H groups in total. The summed E-state index contributed by atoms with van der Waals surface area (Å²) in [6, 6.07) is 0. The van der Waals surface area contributed by atoms with E-state index >= 15 is 0 Å². The van der Waals surface area contributed by atoms with Gasteiger partial charge in [-0.25, -0.2) is 0 Å². The third kappa shape index (κ3) is 5.34. The van der Waals surface area contributed by atoms with E-state index in [2.05, 4.69) is 6.58 Å². The first kappa shape index (κ1) is 9.89. The molecule has 60 valence electrons. The number of allylic oxidation sites excluding steroid dienone is 5. The van der Waals surface area contributed by atoms with Gasteiger partial charge in [-0.05, 0) is 25.8 Å². The highest BCUT2D eigenvalue weighted by Gasteiger charge is 1.82. The smallest absolute Gasteiger partial charge is 0.145 e. The van der Waals surface area contributed by atoms with Crippen LogP contribution in [0.15, 0.2) is 36.0 Å². The Hall–Kier alpha value is -1.11. The van der Waals surface area contributed by atoms with Crippen molar-refractivity contribution in [2.24, 2.45) is 0 Å². The summed E-state index contributed by atoms with van der Waals surface area (Å²) in [5.74, 6) is 0. The largest absolute Gasteiger partial charge is 0.298 e. The minimum atomic E-state index is 0.776.